The first-order valence-electron chi connectivity index (χ1n) is 10.7. The van der Waals surface area contributed by atoms with Crippen LogP contribution >= 0.6 is 0 Å². The maximum absolute atomic E-state index is 12.8. The molecule has 1 heterocycles. The highest BCUT2D eigenvalue weighted by Gasteiger charge is 2.19. The smallest absolute Gasteiger partial charge is 0.241 e. The molecule has 6 nitrogen and oxygen atoms in total. The van der Waals surface area contributed by atoms with Gasteiger partial charge in [0.05, 0.1) is 12.0 Å². The lowest BCUT2D eigenvalue weighted by Crippen LogP contribution is -2.47. The first-order chi connectivity index (χ1) is 15.1. The molecule has 1 fully saturated rings. The molecule has 0 spiro atoms. The molecule has 164 valence electrons. The second kappa shape index (κ2) is 9.68. The van der Waals surface area contributed by atoms with Gasteiger partial charge in [-0.15, -0.1) is 0 Å². The molecule has 1 aliphatic heterocycles. The minimum absolute atomic E-state index is 0.346. The number of hydrogen-bond acceptors (Lipinski definition) is 5. The normalized spacial score (nSPS) is 15.3. The summed E-state index contributed by atoms with van der Waals surface area (Å²) in [4.78, 5) is 5.12. The summed E-state index contributed by atoms with van der Waals surface area (Å²) < 4.78 is 33.6. The third-order valence-corrected chi connectivity index (χ3v) is 7.31. The fraction of sp³-hybridized carbons (Fsp3) is 0.333. The van der Waals surface area contributed by atoms with E-state index in [2.05, 4.69) is 26.7 Å². The standard InChI is InChI=1S/C24H29N3O3S/c1-30-22-12-10-21(11-13-22)27-18-16-26(17-19-27)15-5-14-25-31(28,29)24-9-4-7-20-6-2-3-8-23(20)24/h2-4,6-13,25H,5,14-19H2,1H3. The van der Waals surface area contributed by atoms with Crippen molar-refractivity contribution in [2.45, 2.75) is 11.3 Å². The molecule has 0 unspecified atom stereocenters. The van der Waals surface area contributed by atoms with E-state index in [0.717, 1.165) is 55.7 Å². The first kappa shape index (κ1) is 21.6. The second-order valence-electron chi connectivity index (χ2n) is 7.76. The number of piperazine rings is 1. The molecule has 4 rings (SSSR count). The fourth-order valence-corrected chi connectivity index (χ4v) is 5.34. The third-order valence-electron chi connectivity index (χ3n) is 5.79. The Kier molecular flexibility index (Phi) is 6.75. The van der Waals surface area contributed by atoms with Crippen molar-refractivity contribution in [2.75, 3.05) is 51.3 Å². The average molecular weight is 440 g/mol. The van der Waals surface area contributed by atoms with E-state index in [4.69, 9.17) is 4.74 Å². The van der Waals surface area contributed by atoms with Gasteiger partial charge in [-0.25, -0.2) is 13.1 Å². The van der Waals surface area contributed by atoms with Gasteiger partial charge >= 0.3 is 0 Å². The van der Waals surface area contributed by atoms with Crippen LogP contribution in [0.5, 0.6) is 5.75 Å². The van der Waals surface area contributed by atoms with E-state index in [1.165, 1.54) is 5.69 Å². The molecule has 3 aromatic rings. The van der Waals surface area contributed by atoms with E-state index < -0.39 is 10.0 Å². The highest BCUT2D eigenvalue weighted by atomic mass is 32.2. The van der Waals surface area contributed by atoms with Crippen molar-refractivity contribution in [1.29, 1.82) is 0 Å². The molecule has 1 saturated heterocycles. The van der Waals surface area contributed by atoms with Gasteiger partial charge in [-0.1, -0.05) is 36.4 Å². The van der Waals surface area contributed by atoms with E-state index in [9.17, 15) is 8.42 Å². The molecule has 0 saturated carbocycles. The van der Waals surface area contributed by atoms with Gasteiger partial charge in [0.2, 0.25) is 10.0 Å². The molecular weight excluding hydrogens is 410 g/mol. The number of sulfonamides is 1. The summed E-state index contributed by atoms with van der Waals surface area (Å²) >= 11 is 0. The maximum atomic E-state index is 12.8. The Morgan fingerprint density at radius 2 is 1.61 bits per heavy atom. The Hall–Kier alpha value is -2.61. The van der Waals surface area contributed by atoms with Crippen LogP contribution in [0.25, 0.3) is 10.8 Å². The highest BCUT2D eigenvalue weighted by Crippen LogP contribution is 2.23. The molecule has 0 amide bonds. The zero-order valence-electron chi connectivity index (χ0n) is 17.8. The van der Waals surface area contributed by atoms with Crippen molar-refractivity contribution in [1.82, 2.24) is 9.62 Å². The third kappa shape index (κ3) is 5.18. The number of nitrogens with zero attached hydrogens (tertiary/aromatic N) is 2. The zero-order chi connectivity index (χ0) is 21.7. The summed E-state index contributed by atoms with van der Waals surface area (Å²) in [7, 11) is -1.85. The lowest BCUT2D eigenvalue weighted by Gasteiger charge is -2.36. The fourth-order valence-electron chi connectivity index (χ4n) is 4.04. The number of hydrogen-bond donors (Lipinski definition) is 1. The topological polar surface area (TPSA) is 61.9 Å². The van der Waals surface area contributed by atoms with Crippen molar-refractivity contribution in [3.63, 3.8) is 0 Å². The summed E-state index contributed by atoms with van der Waals surface area (Å²) in [6.07, 6.45) is 0.784. The number of anilines is 1. The molecule has 3 aromatic carbocycles. The van der Waals surface area contributed by atoms with E-state index in [1.54, 1.807) is 19.2 Å². The second-order valence-corrected chi connectivity index (χ2v) is 9.49. The minimum Gasteiger partial charge on any atom is -0.497 e. The van der Waals surface area contributed by atoms with Gasteiger partial charge in [0.1, 0.15) is 5.75 Å². The summed E-state index contributed by atoms with van der Waals surface area (Å²) in [6, 6.07) is 21.1. The van der Waals surface area contributed by atoms with Crippen molar-refractivity contribution in [2.24, 2.45) is 0 Å². The maximum Gasteiger partial charge on any atom is 0.241 e. The van der Waals surface area contributed by atoms with Crippen molar-refractivity contribution >= 4 is 26.5 Å². The molecule has 7 heteroatoms. The van der Waals surface area contributed by atoms with E-state index >= 15 is 0 Å². The highest BCUT2D eigenvalue weighted by molar-refractivity contribution is 7.89. The number of benzene rings is 3. The van der Waals surface area contributed by atoms with Crippen LogP contribution in [0.4, 0.5) is 5.69 Å². The van der Waals surface area contributed by atoms with Crippen molar-refractivity contribution in [3.8, 4) is 5.75 Å². The Labute approximate surface area is 184 Å². The molecule has 0 radical (unpaired) electrons. The van der Waals surface area contributed by atoms with Crippen LogP contribution in [0, 0.1) is 0 Å². The summed E-state index contributed by atoms with van der Waals surface area (Å²) in [6.45, 7) is 5.20. The lowest BCUT2D eigenvalue weighted by atomic mass is 10.1. The van der Waals surface area contributed by atoms with Crippen LogP contribution in [-0.2, 0) is 10.0 Å². The predicted octanol–water partition coefficient (Wildman–Crippen LogP) is 3.34. The molecule has 0 bridgehead atoms. The van der Waals surface area contributed by atoms with Crippen LogP contribution in [-0.4, -0.2) is 59.7 Å². The van der Waals surface area contributed by atoms with Gasteiger partial charge in [-0.05, 0) is 48.7 Å². The minimum atomic E-state index is -3.53. The quantitative estimate of drug-likeness (QED) is 0.546. The zero-order valence-corrected chi connectivity index (χ0v) is 18.6. The first-order valence-corrected chi connectivity index (χ1v) is 12.1. The van der Waals surface area contributed by atoms with Crippen molar-refractivity contribution in [3.05, 3.63) is 66.7 Å². The number of fused-ring (bicyclic) bond motifs is 1. The van der Waals surface area contributed by atoms with E-state index in [-0.39, 0.29) is 0 Å². The van der Waals surface area contributed by atoms with E-state index in [1.807, 2.05) is 42.5 Å². The number of ether oxygens (including phenoxy) is 1. The summed E-state index contributed by atoms with van der Waals surface area (Å²) in [5.74, 6) is 0.869. The Morgan fingerprint density at radius 3 is 2.35 bits per heavy atom. The van der Waals surface area contributed by atoms with Crippen LogP contribution in [0.1, 0.15) is 6.42 Å². The number of nitrogens with one attached hydrogen (secondary N) is 1. The number of methoxy groups -OCH3 is 1. The molecule has 31 heavy (non-hydrogen) atoms. The average Bonchev–Trinajstić information content (AvgIpc) is 2.82. The van der Waals surface area contributed by atoms with Crippen LogP contribution in [0.3, 0.4) is 0 Å². The van der Waals surface area contributed by atoms with Crippen LogP contribution in [0.15, 0.2) is 71.6 Å². The van der Waals surface area contributed by atoms with Gasteiger partial charge < -0.3 is 9.64 Å². The van der Waals surface area contributed by atoms with Gasteiger partial charge in [-0.2, -0.15) is 0 Å². The van der Waals surface area contributed by atoms with Gasteiger partial charge in [-0.3, -0.25) is 4.90 Å². The molecular formula is C24H29N3O3S. The van der Waals surface area contributed by atoms with Gasteiger partial charge in [0.15, 0.2) is 0 Å². The molecule has 1 aliphatic rings. The van der Waals surface area contributed by atoms with Gasteiger partial charge in [0, 0.05) is 43.8 Å². The SMILES string of the molecule is COc1ccc(N2CCN(CCCNS(=O)(=O)c3cccc4ccccc34)CC2)cc1. The van der Waals surface area contributed by atoms with Crippen LogP contribution < -0.4 is 14.4 Å². The Bertz CT molecular complexity index is 1100. The number of rotatable bonds is 8. The molecule has 0 aromatic heterocycles. The van der Waals surface area contributed by atoms with Crippen LogP contribution in [0.2, 0.25) is 0 Å². The largest absolute Gasteiger partial charge is 0.497 e. The monoisotopic (exact) mass is 439 g/mol. The Morgan fingerprint density at radius 1 is 0.903 bits per heavy atom. The summed E-state index contributed by atoms with van der Waals surface area (Å²) in [5, 5.41) is 1.69. The molecule has 0 aliphatic carbocycles. The lowest BCUT2D eigenvalue weighted by molar-refractivity contribution is 0.255. The van der Waals surface area contributed by atoms with Crippen molar-refractivity contribution < 1.29 is 13.2 Å². The summed E-state index contributed by atoms with van der Waals surface area (Å²) in [5.41, 5.74) is 1.21. The molecule has 1 N–H and O–H groups in total. The predicted molar refractivity (Wildman–Crippen MR) is 125 cm³/mol. The van der Waals surface area contributed by atoms with Gasteiger partial charge in [0.25, 0.3) is 0 Å². The van der Waals surface area contributed by atoms with E-state index in [0.29, 0.717) is 11.4 Å². The molecule has 0 atom stereocenters. The Balaban J connectivity index is 1.24.